The number of hydrogen-bond acceptors (Lipinski definition) is 0. The predicted octanol–water partition coefficient (Wildman–Crippen LogP) is 7.72. The zero-order chi connectivity index (χ0) is 16.0. The fourth-order valence-corrected chi connectivity index (χ4v) is 3.58. The monoisotopic (exact) mass is 284 g/mol. The summed E-state index contributed by atoms with van der Waals surface area (Å²) in [4.78, 5) is 0. The second-order valence-corrected chi connectivity index (χ2v) is 6.37. The normalized spacial score (nSPS) is 15.4. The summed E-state index contributed by atoms with van der Waals surface area (Å²) in [6, 6.07) is 0. The standard InChI is InChI=1S/C18H38.C2H6/c1-7-11-14-17(10-4)15(5)16(6)18(12-8-2)13-9-3;1-2/h15-18H,7-14H2,1-6H3;1-2H3. The fourth-order valence-electron chi connectivity index (χ4n) is 3.58. The van der Waals surface area contributed by atoms with E-state index in [9.17, 15) is 0 Å². The van der Waals surface area contributed by atoms with E-state index in [4.69, 9.17) is 0 Å². The first-order valence-electron chi connectivity index (χ1n) is 9.62. The van der Waals surface area contributed by atoms with Crippen molar-refractivity contribution in [2.75, 3.05) is 0 Å². The van der Waals surface area contributed by atoms with Crippen LogP contribution in [-0.4, -0.2) is 0 Å². The van der Waals surface area contributed by atoms with Gasteiger partial charge in [0.25, 0.3) is 0 Å². The third-order valence-corrected chi connectivity index (χ3v) is 5.09. The van der Waals surface area contributed by atoms with Gasteiger partial charge in [-0.3, -0.25) is 0 Å². The van der Waals surface area contributed by atoms with Gasteiger partial charge in [-0.15, -0.1) is 0 Å². The Hall–Kier alpha value is 0. The Kier molecular flexibility index (Phi) is 17.1. The summed E-state index contributed by atoms with van der Waals surface area (Å²) in [5, 5.41) is 0. The second kappa shape index (κ2) is 15.4. The van der Waals surface area contributed by atoms with E-state index < -0.39 is 0 Å². The Morgan fingerprint density at radius 3 is 1.40 bits per heavy atom. The van der Waals surface area contributed by atoms with Gasteiger partial charge >= 0.3 is 0 Å². The van der Waals surface area contributed by atoms with Crippen molar-refractivity contribution >= 4 is 0 Å². The van der Waals surface area contributed by atoms with Crippen molar-refractivity contribution in [3.8, 4) is 0 Å². The topological polar surface area (TPSA) is 0 Å². The second-order valence-electron chi connectivity index (χ2n) is 6.37. The average Bonchev–Trinajstić information content (AvgIpc) is 2.49. The Labute approximate surface area is 131 Å². The minimum absolute atomic E-state index is 0.907. The molecular weight excluding hydrogens is 240 g/mol. The molecule has 0 aromatic heterocycles. The third-order valence-electron chi connectivity index (χ3n) is 5.09. The molecular formula is C20H44. The Bertz CT molecular complexity index is 167. The molecule has 0 saturated carbocycles. The molecule has 0 fully saturated rings. The van der Waals surface area contributed by atoms with Gasteiger partial charge in [0.1, 0.15) is 0 Å². The molecule has 0 N–H and O–H groups in total. The van der Waals surface area contributed by atoms with Crippen molar-refractivity contribution in [2.24, 2.45) is 23.7 Å². The van der Waals surface area contributed by atoms with E-state index in [2.05, 4.69) is 41.5 Å². The van der Waals surface area contributed by atoms with Crippen LogP contribution in [0.15, 0.2) is 0 Å². The van der Waals surface area contributed by atoms with E-state index in [1.54, 1.807) is 0 Å². The van der Waals surface area contributed by atoms with Crippen molar-refractivity contribution in [3.63, 3.8) is 0 Å². The lowest BCUT2D eigenvalue weighted by molar-refractivity contribution is 0.162. The van der Waals surface area contributed by atoms with Crippen molar-refractivity contribution < 1.29 is 0 Å². The highest BCUT2D eigenvalue weighted by atomic mass is 14.3. The molecule has 0 rings (SSSR count). The van der Waals surface area contributed by atoms with Gasteiger partial charge in [0, 0.05) is 0 Å². The first-order valence-corrected chi connectivity index (χ1v) is 9.62. The zero-order valence-electron chi connectivity index (χ0n) is 16.0. The van der Waals surface area contributed by atoms with Crippen LogP contribution in [0.5, 0.6) is 0 Å². The average molecular weight is 285 g/mol. The molecule has 0 heterocycles. The van der Waals surface area contributed by atoms with Crippen molar-refractivity contribution in [1.29, 1.82) is 0 Å². The maximum atomic E-state index is 2.52. The lowest BCUT2D eigenvalue weighted by atomic mass is 9.72. The fraction of sp³-hybridized carbons (Fsp3) is 1.00. The molecule has 0 aromatic carbocycles. The molecule has 0 bridgehead atoms. The van der Waals surface area contributed by atoms with Crippen molar-refractivity contribution in [3.05, 3.63) is 0 Å². The molecule has 0 saturated heterocycles. The van der Waals surface area contributed by atoms with Crippen LogP contribution >= 0.6 is 0 Å². The molecule has 0 radical (unpaired) electrons. The largest absolute Gasteiger partial charge is 0.0683 e. The highest BCUT2D eigenvalue weighted by Crippen LogP contribution is 2.35. The number of hydrogen-bond donors (Lipinski definition) is 0. The van der Waals surface area contributed by atoms with E-state index in [1.807, 2.05) is 13.8 Å². The molecule has 0 heteroatoms. The SMILES string of the molecule is CC.CCCCC(CC)C(C)C(C)C(CCC)CCC. The van der Waals surface area contributed by atoms with E-state index >= 15 is 0 Å². The first-order chi connectivity index (χ1) is 9.62. The predicted molar refractivity (Wildman–Crippen MR) is 96.3 cm³/mol. The van der Waals surface area contributed by atoms with Crippen LogP contribution in [0.25, 0.3) is 0 Å². The van der Waals surface area contributed by atoms with E-state index in [0.717, 1.165) is 23.7 Å². The van der Waals surface area contributed by atoms with E-state index in [0.29, 0.717) is 0 Å². The molecule has 3 atom stereocenters. The van der Waals surface area contributed by atoms with Crippen LogP contribution in [0.2, 0.25) is 0 Å². The van der Waals surface area contributed by atoms with Gasteiger partial charge in [-0.05, 0) is 23.7 Å². The molecule has 0 nitrogen and oxygen atoms in total. The summed E-state index contributed by atoms with van der Waals surface area (Å²) in [6.45, 7) is 18.4. The quantitative estimate of drug-likeness (QED) is 0.364. The van der Waals surface area contributed by atoms with Gasteiger partial charge in [0.05, 0.1) is 0 Å². The highest BCUT2D eigenvalue weighted by Gasteiger charge is 2.26. The number of rotatable bonds is 11. The van der Waals surface area contributed by atoms with Gasteiger partial charge in [-0.2, -0.15) is 0 Å². The van der Waals surface area contributed by atoms with Gasteiger partial charge in [-0.25, -0.2) is 0 Å². The van der Waals surface area contributed by atoms with E-state index in [-0.39, 0.29) is 0 Å². The van der Waals surface area contributed by atoms with Crippen LogP contribution in [-0.2, 0) is 0 Å². The summed E-state index contributed by atoms with van der Waals surface area (Å²) in [5.41, 5.74) is 0. The van der Waals surface area contributed by atoms with Gasteiger partial charge in [0.2, 0.25) is 0 Å². The van der Waals surface area contributed by atoms with Crippen LogP contribution in [0, 0.1) is 23.7 Å². The maximum absolute atomic E-state index is 2.52. The summed E-state index contributed by atoms with van der Waals surface area (Å²) >= 11 is 0. The van der Waals surface area contributed by atoms with Crippen LogP contribution < -0.4 is 0 Å². The molecule has 20 heavy (non-hydrogen) atoms. The number of unbranched alkanes of at least 4 members (excludes halogenated alkanes) is 1. The molecule has 0 spiro atoms. The lowest BCUT2D eigenvalue weighted by Crippen LogP contribution is -2.25. The molecule has 0 amide bonds. The Morgan fingerprint density at radius 2 is 1.05 bits per heavy atom. The maximum Gasteiger partial charge on any atom is -0.0386 e. The highest BCUT2D eigenvalue weighted by molar-refractivity contribution is 4.76. The zero-order valence-corrected chi connectivity index (χ0v) is 16.0. The minimum Gasteiger partial charge on any atom is -0.0683 e. The molecule has 3 unspecified atom stereocenters. The van der Waals surface area contributed by atoms with Crippen LogP contribution in [0.4, 0.5) is 0 Å². The van der Waals surface area contributed by atoms with Crippen molar-refractivity contribution in [2.45, 2.75) is 107 Å². The van der Waals surface area contributed by atoms with Crippen LogP contribution in [0.1, 0.15) is 107 Å². The van der Waals surface area contributed by atoms with Crippen LogP contribution in [0.3, 0.4) is 0 Å². The smallest absolute Gasteiger partial charge is 0.0386 e. The van der Waals surface area contributed by atoms with Gasteiger partial charge in [0.15, 0.2) is 0 Å². The molecule has 0 aromatic rings. The Morgan fingerprint density at radius 1 is 0.600 bits per heavy atom. The van der Waals surface area contributed by atoms with Gasteiger partial charge in [-0.1, -0.05) is 107 Å². The molecule has 0 aliphatic heterocycles. The summed E-state index contributed by atoms with van der Waals surface area (Å²) < 4.78 is 0. The first kappa shape index (κ1) is 22.3. The Balaban J connectivity index is 0. The van der Waals surface area contributed by atoms with E-state index in [1.165, 1.54) is 51.4 Å². The summed E-state index contributed by atoms with van der Waals surface area (Å²) in [5.74, 6) is 3.73. The van der Waals surface area contributed by atoms with Gasteiger partial charge < -0.3 is 0 Å². The molecule has 124 valence electrons. The molecule has 0 aliphatic carbocycles. The summed E-state index contributed by atoms with van der Waals surface area (Å²) in [7, 11) is 0. The lowest BCUT2D eigenvalue weighted by Gasteiger charge is -2.34. The third kappa shape index (κ3) is 9.03. The van der Waals surface area contributed by atoms with Crippen molar-refractivity contribution in [1.82, 2.24) is 0 Å². The minimum atomic E-state index is 0.907. The molecule has 0 aliphatic rings. The summed E-state index contributed by atoms with van der Waals surface area (Å²) in [6.07, 6.45) is 11.2.